The molecule has 8 nitrogen and oxygen atoms in total. The second kappa shape index (κ2) is 9.10. The molecular formula is C19H19BrN4O4S. The van der Waals surface area contributed by atoms with Gasteiger partial charge in [0.25, 0.3) is 0 Å². The number of benzene rings is 2. The number of rotatable bonds is 7. The highest BCUT2D eigenvalue weighted by Crippen LogP contribution is 2.40. The fourth-order valence-electron chi connectivity index (χ4n) is 2.72. The molecule has 1 heterocycles. The fraction of sp³-hybridized carbons (Fsp3) is 0.211. The van der Waals surface area contributed by atoms with Gasteiger partial charge in [0.15, 0.2) is 17.3 Å². The highest BCUT2D eigenvalue weighted by Gasteiger charge is 2.17. The van der Waals surface area contributed by atoms with Crippen LogP contribution in [0.15, 0.2) is 39.9 Å². The first-order chi connectivity index (χ1) is 14.0. The number of hydrogen-bond donors (Lipinski definition) is 1. The van der Waals surface area contributed by atoms with Crippen molar-refractivity contribution in [2.24, 2.45) is 5.10 Å². The molecule has 0 saturated carbocycles. The Morgan fingerprint density at radius 3 is 2.24 bits per heavy atom. The summed E-state index contributed by atoms with van der Waals surface area (Å²) in [7, 11) is 6.25. The van der Waals surface area contributed by atoms with E-state index in [1.165, 1.54) is 4.68 Å². The van der Waals surface area contributed by atoms with Gasteiger partial charge in [-0.2, -0.15) is 14.9 Å². The normalized spacial score (nSPS) is 10.9. The zero-order valence-corrected chi connectivity index (χ0v) is 18.6. The lowest BCUT2D eigenvalue weighted by atomic mass is 10.1. The second-order valence-electron chi connectivity index (χ2n) is 5.71. The van der Waals surface area contributed by atoms with Crippen molar-refractivity contribution < 1.29 is 18.9 Å². The van der Waals surface area contributed by atoms with E-state index in [4.69, 9.17) is 31.2 Å². The summed E-state index contributed by atoms with van der Waals surface area (Å²) >= 11 is 8.80. The molecule has 1 aromatic heterocycles. The van der Waals surface area contributed by atoms with E-state index in [1.54, 1.807) is 46.8 Å². The summed E-state index contributed by atoms with van der Waals surface area (Å²) < 4.78 is 24.3. The van der Waals surface area contributed by atoms with Crippen LogP contribution in [0.4, 0.5) is 0 Å². The molecule has 0 aliphatic carbocycles. The quantitative estimate of drug-likeness (QED) is 0.402. The molecule has 0 atom stereocenters. The zero-order valence-electron chi connectivity index (χ0n) is 16.2. The van der Waals surface area contributed by atoms with Gasteiger partial charge in [0.1, 0.15) is 5.75 Å². The van der Waals surface area contributed by atoms with Crippen LogP contribution in [0, 0.1) is 4.77 Å². The zero-order chi connectivity index (χ0) is 21.0. The van der Waals surface area contributed by atoms with Gasteiger partial charge in [0.2, 0.25) is 10.5 Å². The Balaban J connectivity index is 2.10. The van der Waals surface area contributed by atoms with Gasteiger partial charge in [-0.25, -0.2) is 5.10 Å². The number of hydrogen-bond acceptors (Lipinski definition) is 7. The Labute approximate surface area is 181 Å². The smallest absolute Gasteiger partial charge is 0.216 e. The van der Waals surface area contributed by atoms with Crippen molar-refractivity contribution >= 4 is 34.4 Å². The Bertz CT molecular complexity index is 1080. The number of halogens is 1. The van der Waals surface area contributed by atoms with Gasteiger partial charge in [-0.3, -0.25) is 0 Å². The van der Waals surface area contributed by atoms with Crippen LogP contribution in [0.1, 0.15) is 5.56 Å². The van der Waals surface area contributed by atoms with E-state index in [-0.39, 0.29) is 0 Å². The molecule has 2 aromatic carbocycles. The number of ether oxygens (including phenoxy) is 4. The van der Waals surface area contributed by atoms with E-state index in [2.05, 4.69) is 31.2 Å². The fourth-order valence-corrected chi connectivity index (χ4v) is 3.28. The maximum Gasteiger partial charge on any atom is 0.216 e. The molecule has 0 radical (unpaired) electrons. The second-order valence-corrected chi connectivity index (χ2v) is 7.01. The third-order valence-electron chi connectivity index (χ3n) is 4.08. The van der Waals surface area contributed by atoms with Crippen molar-refractivity contribution in [1.29, 1.82) is 0 Å². The molecule has 0 aliphatic heterocycles. The van der Waals surface area contributed by atoms with E-state index in [9.17, 15) is 0 Å². The standard InChI is InChI=1S/C19H19BrN4O4S/c1-25-14-6-5-13(20)7-12(14)10-21-24-18(22-23-19(24)29)11-8-15(26-2)17(28-4)16(9-11)27-3/h5-10H,1-4H3,(H,23,29). The molecule has 0 saturated heterocycles. The van der Waals surface area contributed by atoms with E-state index < -0.39 is 0 Å². The van der Waals surface area contributed by atoms with Gasteiger partial charge in [-0.15, -0.1) is 0 Å². The summed E-state index contributed by atoms with van der Waals surface area (Å²) in [5, 5.41) is 11.6. The molecule has 29 heavy (non-hydrogen) atoms. The van der Waals surface area contributed by atoms with E-state index >= 15 is 0 Å². The van der Waals surface area contributed by atoms with Crippen LogP contribution in [0.3, 0.4) is 0 Å². The van der Waals surface area contributed by atoms with Crippen molar-refractivity contribution in [3.63, 3.8) is 0 Å². The topological polar surface area (TPSA) is 82.9 Å². The number of H-pyrrole nitrogens is 1. The minimum absolute atomic E-state index is 0.332. The van der Waals surface area contributed by atoms with Gasteiger partial charge in [0.05, 0.1) is 34.7 Å². The van der Waals surface area contributed by atoms with Gasteiger partial charge in [-0.1, -0.05) is 15.9 Å². The highest BCUT2D eigenvalue weighted by molar-refractivity contribution is 9.10. The van der Waals surface area contributed by atoms with E-state index in [0.29, 0.717) is 39.2 Å². The molecule has 0 bridgehead atoms. The maximum atomic E-state index is 5.42. The lowest BCUT2D eigenvalue weighted by Gasteiger charge is -2.13. The summed E-state index contributed by atoms with van der Waals surface area (Å²) in [4.78, 5) is 0. The van der Waals surface area contributed by atoms with Crippen LogP contribution >= 0.6 is 28.1 Å². The van der Waals surface area contributed by atoms with E-state index in [1.807, 2.05) is 18.2 Å². The minimum Gasteiger partial charge on any atom is -0.496 e. The average molecular weight is 479 g/mol. The van der Waals surface area contributed by atoms with Crippen LogP contribution in [-0.4, -0.2) is 49.5 Å². The number of nitrogens with one attached hydrogen (secondary N) is 1. The Morgan fingerprint density at radius 2 is 1.66 bits per heavy atom. The first-order valence-corrected chi connectivity index (χ1v) is 9.58. The van der Waals surface area contributed by atoms with Gasteiger partial charge < -0.3 is 18.9 Å². The molecule has 0 unspecified atom stereocenters. The van der Waals surface area contributed by atoms with Crippen LogP contribution < -0.4 is 18.9 Å². The molecule has 1 N–H and O–H groups in total. The first-order valence-electron chi connectivity index (χ1n) is 8.38. The molecular weight excluding hydrogens is 460 g/mol. The summed E-state index contributed by atoms with van der Waals surface area (Å²) in [5.74, 6) is 2.66. The van der Waals surface area contributed by atoms with Crippen molar-refractivity contribution in [1.82, 2.24) is 14.9 Å². The lowest BCUT2D eigenvalue weighted by Crippen LogP contribution is -1.99. The molecule has 0 amide bonds. The summed E-state index contributed by atoms with van der Waals surface area (Å²) in [5.41, 5.74) is 1.46. The van der Waals surface area contributed by atoms with Crippen molar-refractivity contribution in [3.8, 4) is 34.4 Å². The predicted octanol–water partition coefficient (Wildman–Crippen LogP) is 4.29. The predicted molar refractivity (Wildman–Crippen MR) is 116 cm³/mol. The Kier molecular flexibility index (Phi) is 6.55. The van der Waals surface area contributed by atoms with Crippen LogP contribution in [0.5, 0.6) is 23.0 Å². The van der Waals surface area contributed by atoms with Crippen LogP contribution in [0.25, 0.3) is 11.4 Å². The first kappa shape index (κ1) is 20.9. The monoisotopic (exact) mass is 478 g/mol. The molecule has 0 spiro atoms. The summed E-state index contributed by atoms with van der Waals surface area (Å²) in [6, 6.07) is 9.18. The minimum atomic E-state index is 0.332. The van der Waals surface area contributed by atoms with Gasteiger partial charge >= 0.3 is 0 Å². The molecule has 10 heteroatoms. The van der Waals surface area contributed by atoms with Crippen LogP contribution in [0.2, 0.25) is 0 Å². The molecule has 3 rings (SSSR count). The Morgan fingerprint density at radius 1 is 1.00 bits per heavy atom. The maximum absolute atomic E-state index is 5.42. The van der Waals surface area contributed by atoms with Crippen molar-refractivity contribution in [3.05, 3.63) is 45.1 Å². The van der Waals surface area contributed by atoms with E-state index in [0.717, 1.165) is 10.0 Å². The number of nitrogens with zero attached hydrogens (tertiary/aromatic N) is 3. The largest absolute Gasteiger partial charge is 0.496 e. The number of aromatic amines is 1. The summed E-state index contributed by atoms with van der Waals surface area (Å²) in [6.45, 7) is 0. The molecule has 152 valence electrons. The van der Waals surface area contributed by atoms with Crippen LogP contribution in [-0.2, 0) is 0 Å². The third kappa shape index (κ3) is 4.28. The molecule has 0 aliphatic rings. The van der Waals surface area contributed by atoms with Gasteiger partial charge in [0, 0.05) is 15.6 Å². The van der Waals surface area contributed by atoms with Crippen molar-refractivity contribution in [2.45, 2.75) is 0 Å². The summed E-state index contributed by atoms with van der Waals surface area (Å²) in [6.07, 6.45) is 1.65. The van der Waals surface area contributed by atoms with Crippen molar-refractivity contribution in [2.75, 3.05) is 28.4 Å². The number of methoxy groups -OCH3 is 4. The SMILES string of the molecule is COc1ccc(Br)cc1C=Nn1c(-c2cc(OC)c(OC)c(OC)c2)n[nH]c1=S. The Hall–Kier alpha value is -2.85. The molecule has 3 aromatic rings. The van der Waals surface area contributed by atoms with Gasteiger partial charge in [-0.05, 0) is 42.5 Å². The highest BCUT2D eigenvalue weighted by atomic mass is 79.9. The number of aromatic nitrogens is 3. The third-order valence-corrected chi connectivity index (χ3v) is 4.83. The average Bonchev–Trinajstić information content (AvgIpc) is 3.11. The lowest BCUT2D eigenvalue weighted by molar-refractivity contribution is 0.324. The molecule has 0 fully saturated rings.